The van der Waals surface area contributed by atoms with Gasteiger partial charge >= 0.3 is 6.03 Å². The predicted octanol–water partition coefficient (Wildman–Crippen LogP) is 3.84. The lowest BCUT2D eigenvalue weighted by molar-refractivity contribution is 0.262. The Morgan fingerprint density at radius 2 is 2.04 bits per heavy atom. The van der Waals surface area contributed by atoms with Gasteiger partial charge in [-0.25, -0.2) is 14.8 Å². The molecule has 0 atom stereocenters. The summed E-state index contributed by atoms with van der Waals surface area (Å²) in [5, 5.41) is 9.74. The molecule has 3 rings (SSSR count). The van der Waals surface area contributed by atoms with Crippen LogP contribution in [0.1, 0.15) is 37.0 Å². The van der Waals surface area contributed by atoms with Crippen LogP contribution in [0.4, 0.5) is 21.6 Å². The number of urea groups is 1. The van der Waals surface area contributed by atoms with Gasteiger partial charge in [0.25, 0.3) is 0 Å². The van der Waals surface area contributed by atoms with Crippen LogP contribution >= 0.6 is 11.3 Å². The number of aromatic nitrogens is 3. The van der Waals surface area contributed by atoms with Crippen molar-refractivity contribution >= 4 is 34.1 Å². The second kappa shape index (κ2) is 7.75. The summed E-state index contributed by atoms with van der Waals surface area (Å²) in [5.41, 5.74) is 6.63. The number of hydrogen-bond acceptors (Lipinski definition) is 7. The molecule has 0 aromatic carbocycles. The molecule has 0 saturated carbocycles. The first-order chi connectivity index (χ1) is 12.8. The van der Waals surface area contributed by atoms with E-state index in [0.29, 0.717) is 22.5 Å². The van der Waals surface area contributed by atoms with Crippen molar-refractivity contribution < 1.29 is 9.32 Å². The maximum absolute atomic E-state index is 12.1. The van der Waals surface area contributed by atoms with Crippen LogP contribution in [0.5, 0.6) is 0 Å². The fourth-order valence-corrected chi connectivity index (χ4v) is 3.14. The van der Waals surface area contributed by atoms with E-state index in [0.717, 1.165) is 23.3 Å². The van der Waals surface area contributed by atoms with Crippen molar-refractivity contribution in [2.75, 3.05) is 16.4 Å². The quantitative estimate of drug-likeness (QED) is 0.613. The van der Waals surface area contributed by atoms with E-state index >= 15 is 0 Å². The number of nitrogens with two attached hydrogens (primary N) is 1. The Labute approximate surface area is 161 Å². The number of carbonyl (C=O) groups is 1. The largest absolute Gasteiger partial charge is 0.384 e. The van der Waals surface area contributed by atoms with Crippen molar-refractivity contribution in [2.45, 2.75) is 39.0 Å². The number of amides is 2. The van der Waals surface area contributed by atoms with Gasteiger partial charge in [-0.05, 0) is 30.5 Å². The van der Waals surface area contributed by atoms with E-state index in [2.05, 4.69) is 25.8 Å². The average molecular weight is 386 g/mol. The van der Waals surface area contributed by atoms with Gasteiger partial charge in [-0.15, -0.1) is 11.3 Å². The van der Waals surface area contributed by atoms with Crippen molar-refractivity contribution in [1.82, 2.24) is 15.1 Å². The summed E-state index contributed by atoms with van der Waals surface area (Å²) < 4.78 is 5.25. The highest BCUT2D eigenvalue weighted by Gasteiger charge is 2.20. The van der Waals surface area contributed by atoms with Crippen molar-refractivity contribution in [3.63, 3.8) is 0 Å². The minimum Gasteiger partial charge on any atom is -0.384 e. The monoisotopic (exact) mass is 386 g/mol. The first-order valence-electron chi connectivity index (χ1n) is 8.50. The molecule has 0 aliphatic heterocycles. The molecule has 4 N–H and O–H groups in total. The second-order valence-corrected chi connectivity index (χ2v) is 8.24. The third-order valence-electron chi connectivity index (χ3n) is 3.77. The van der Waals surface area contributed by atoms with Crippen LogP contribution in [0.15, 0.2) is 35.1 Å². The average Bonchev–Trinajstić information content (AvgIpc) is 3.22. The Balaban J connectivity index is 1.52. The molecule has 2 amide bonds. The number of hydrogen-bond donors (Lipinski definition) is 3. The summed E-state index contributed by atoms with van der Waals surface area (Å²) in [6, 6.07) is 5.10. The lowest BCUT2D eigenvalue weighted by Crippen LogP contribution is -2.19. The van der Waals surface area contributed by atoms with Gasteiger partial charge in [-0.3, -0.25) is 10.6 Å². The van der Waals surface area contributed by atoms with Gasteiger partial charge < -0.3 is 10.3 Å². The molecule has 8 nitrogen and oxygen atoms in total. The zero-order valence-electron chi connectivity index (χ0n) is 15.4. The number of aryl methyl sites for hydroxylation is 2. The fraction of sp³-hybridized carbons (Fsp3) is 0.333. The molecule has 0 aliphatic rings. The maximum atomic E-state index is 12.1. The van der Waals surface area contributed by atoms with Crippen LogP contribution in [0, 0.1) is 0 Å². The van der Waals surface area contributed by atoms with Gasteiger partial charge in [0.15, 0.2) is 10.9 Å². The molecule has 3 aromatic rings. The highest BCUT2D eigenvalue weighted by atomic mass is 32.1. The molecule has 9 heteroatoms. The Bertz CT molecular complexity index is 928. The summed E-state index contributed by atoms with van der Waals surface area (Å²) in [5.74, 6) is 1.58. The zero-order valence-corrected chi connectivity index (χ0v) is 16.3. The number of nitrogens with one attached hydrogen (secondary N) is 2. The Morgan fingerprint density at radius 3 is 2.74 bits per heavy atom. The summed E-state index contributed by atoms with van der Waals surface area (Å²) >= 11 is 1.43. The van der Waals surface area contributed by atoms with Crippen molar-refractivity contribution in [3.8, 4) is 0 Å². The number of pyridine rings is 1. The van der Waals surface area contributed by atoms with Crippen LogP contribution in [-0.2, 0) is 18.3 Å². The van der Waals surface area contributed by atoms with Crippen LogP contribution in [-0.4, -0.2) is 21.2 Å². The first-order valence-corrected chi connectivity index (χ1v) is 9.31. The molecule has 0 spiro atoms. The summed E-state index contributed by atoms with van der Waals surface area (Å²) in [4.78, 5) is 21.4. The zero-order chi connectivity index (χ0) is 19.4. The third-order valence-corrected chi connectivity index (χ3v) is 4.74. The highest BCUT2D eigenvalue weighted by molar-refractivity contribution is 7.15. The molecule has 3 aromatic heterocycles. The molecule has 0 unspecified atom stereocenters. The van der Waals surface area contributed by atoms with Crippen LogP contribution in [0.2, 0.25) is 0 Å². The number of anilines is 3. The summed E-state index contributed by atoms with van der Waals surface area (Å²) in [6.45, 7) is 6.03. The highest BCUT2D eigenvalue weighted by Crippen LogP contribution is 2.25. The van der Waals surface area contributed by atoms with Crippen molar-refractivity contribution in [1.29, 1.82) is 0 Å². The summed E-state index contributed by atoms with van der Waals surface area (Å²) in [7, 11) is 0. The number of rotatable bonds is 5. The smallest absolute Gasteiger partial charge is 0.326 e. The van der Waals surface area contributed by atoms with Gasteiger partial charge in [-0.1, -0.05) is 25.9 Å². The lowest BCUT2D eigenvalue weighted by atomic mass is 9.93. The fourth-order valence-electron chi connectivity index (χ4n) is 2.33. The molecule has 0 aliphatic carbocycles. The standard InChI is InChI=1S/C18H22N6O2S/c1-18(2,3)13-9-15(24-26-13)22-16(25)23-17-21-10-12(27-17)5-4-11-6-7-20-14(19)8-11/h6-10H,4-5H2,1-3H3,(H2,19,20)(H2,21,22,23,24,25). The molecule has 0 saturated heterocycles. The van der Waals surface area contributed by atoms with E-state index in [-0.39, 0.29) is 5.41 Å². The van der Waals surface area contributed by atoms with Gasteiger partial charge in [0.1, 0.15) is 11.6 Å². The van der Waals surface area contributed by atoms with Crippen molar-refractivity contribution in [3.05, 3.63) is 46.8 Å². The number of nitrogen functional groups attached to an aromatic ring is 1. The Morgan fingerprint density at radius 1 is 1.22 bits per heavy atom. The minimum atomic E-state index is -0.411. The number of thiazole rings is 1. The topological polar surface area (TPSA) is 119 Å². The molecular formula is C18H22N6O2S. The number of carbonyl (C=O) groups excluding carboxylic acids is 1. The molecule has 0 radical (unpaired) electrons. The van der Waals surface area contributed by atoms with Gasteiger partial charge in [-0.2, -0.15) is 0 Å². The summed E-state index contributed by atoms with van der Waals surface area (Å²) in [6.07, 6.45) is 5.10. The molecule has 3 heterocycles. The van der Waals surface area contributed by atoms with Gasteiger partial charge in [0.05, 0.1) is 0 Å². The van der Waals surface area contributed by atoms with E-state index in [9.17, 15) is 4.79 Å². The predicted molar refractivity (Wildman–Crippen MR) is 106 cm³/mol. The van der Waals surface area contributed by atoms with E-state index in [1.54, 1.807) is 18.5 Å². The van der Waals surface area contributed by atoms with Crippen molar-refractivity contribution in [2.24, 2.45) is 0 Å². The Hall–Kier alpha value is -2.94. The van der Waals surface area contributed by atoms with E-state index < -0.39 is 6.03 Å². The normalized spacial score (nSPS) is 11.4. The van der Waals surface area contributed by atoms with E-state index in [1.807, 2.05) is 32.9 Å². The lowest BCUT2D eigenvalue weighted by Gasteiger charge is -2.12. The third kappa shape index (κ3) is 5.27. The Kier molecular flexibility index (Phi) is 5.41. The van der Waals surface area contributed by atoms with Gasteiger partial charge in [0, 0.05) is 28.8 Å². The molecular weight excluding hydrogens is 364 g/mol. The van der Waals surface area contributed by atoms with Crippen LogP contribution < -0.4 is 16.4 Å². The molecule has 142 valence electrons. The molecule has 0 fully saturated rings. The maximum Gasteiger partial charge on any atom is 0.326 e. The van der Waals surface area contributed by atoms with Crippen LogP contribution in [0.25, 0.3) is 0 Å². The van der Waals surface area contributed by atoms with Crippen LogP contribution in [0.3, 0.4) is 0 Å². The number of nitrogens with zero attached hydrogens (tertiary/aromatic N) is 3. The second-order valence-electron chi connectivity index (χ2n) is 7.13. The minimum absolute atomic E-state index is 0.174. The van der Waals surface area contributed by atoms with E-state index in [1.165, 1.54) is 11.3 Å². The SMILES string of the molecule is CC(C)(C)c1cc(NC(=O)Nc2ncc(CCc3ccnc(N)c3)s2)no1. The van der Waals surface area contributed by atoms with Gasteiger partial charge in [0.2, 0.25) is 0 Å². The molecule has 27 heavy (non-hydrogen) atoms. The van der Waals surface area contributed by atoms with E-state index in [4.69, 9.17) is 10.3 Å². The first kappa shape index (κ1) is 18.8. The molecule has 0 bridgehead atoms.